The number of fused-ring (bicyclic) bond motifs is 5. The highest BCUT2D eigenvalue weighted by atomic mass is 79.9. The molecule has 8 nitrogen and oxygen atoms in total. The number of amides is 2. The van der Waals surface area contributed by atoms with Gasteiger partial charge in [0.15, 0.2) is 0 Å². The average Bonchev–Trinajstić information content (AvgIpc) is 3.45. The molecule has 2 aromatic rings. The second kappa shape index (κ2) is 8.18. The first kappa shape index (κ1) is 21.4. The molecule has 0 radical (unpaired) electrons. The number of hydrazone groups is 1. The monoisotopic (exact) mass is 513 g/mol. The summed E-state index contributed by atoms with van der Waals surface area (Å²) >= 11 is 3.27. The molecule has 3 aliphatic rings. The van der Waals surface area contributed by atoms with Gasteiger partial charge in [-0.1, -0.05) is 24.3 Å². The molecule has 2 bridgehead atoms. The first-order valence-electron chi connectivity index (χ1n) is 10.3. The fourth-order valence-electron chi connectivity index (χ4n) is 4.86. The SMILES string of the molecule is O=C1[C@@H]2[C@H](C(=O)N1N=Cc1cc(Br)c(OCc3cccc(F)c3)c([N+](=O)[O-])c1)[C@H]1C=C[C@H]2C1. The molecule has 0 unspecified atom stereocenters. The molecule has 0 N–H and O–H groups in total. The number of halogens is 2. The van der Waals surface area contributed by atoms with Crippen LogP contribution in [0.25, 0.3) is 0 Å². The summed E-state index contributed by atoms with van der Waals surface area (Å²) in [5.41, 5.74) is 0.493. The minimum absolute atomic E-state index is 0.0214. The molecule has 168 valence electrons. The van der Waals surface area contributed by atoms with Crippen LogP contribution in [0.5, 0.6) is 5.75 Å². The number of nitrogens with zero attached hydrogens (tertiary/aromatic N) is 3. The number of nitro groups is 1. The van der Waals surface area contributed by atoms with E-state index in [1.54, 1.807) is 6.07 Å². The van der Waals surface area contributed by atoms with Crippen LogP contribution in [0, 0.1) is 39.6 Å². The Morgan fingerprint density at radius 3 is 2.52 bits per heavy atom. The van der Waals surface area contributed by atoms with Crippen LogP contribution in [-0.4, -0.2) is 28.0 Å². The minimum atomic E-state index is -0.608. The van der Waals surface area contributed by atoms with Crippen molar-refractivity contribution >= 4 is 39.6 Å². The Morgan fingerprint density at radius 1 is 1.18 bits per heavy atom. The highest BCUT2D eigenvalue weighted by Gasteiger charge is 2.59. The molecular formula is C23H17BrFN3O5. The maximum absolute atomic E-state index is 13.4. The number of carbonyl (C=O) groups is 2. The molecule has 2 aliphatic carbocycles. The predicted octanol–water partition coefficient (Wildman–Crippen LogP) is 4.22. The van der Waals surface area contributed by atoms with Gasteiger partial charge in [0.25, 0.3) is 11.8 Å². The second-order valence-electron chi connectivity index (χ2n) is 8.26. The summed E-state index contributed by atoms with van der Waals surface area (Å²) < 4.78 is 19.3. The van der Waals surface area contributed by atoms with Crippen molar-refractivity contribution in [3.8, 4) is 5.75 Å². The van der Waals surface area contributed by atoms with Crippen molar-refractivity contribution in [1.29, 1.82) is 0 Å². The third-order valence-corrected chi connectivity index (χ3v) is 6.87. The Morgan fingerprint density at radius 2 is 1.88 bits per heavy atom. The van der Waals surface area contributed by atoms with Crippen LogP contribution in [0.15, 0.2) is 58.1 Å². The third-order valence-electron chi connectivity index (χ3n) is 6.28. The highest BCUT2D eigenvalue weighted by molar-refractivity contribution is 9.10. The Hall–Kier alpha value is -3.40. The highest BCUT2D eigenvalue weighted by Crippen LogP contribution is 2.52. The Kier molecular flexibility index (Phi) is 5.32. The molecule has 1 saturated carbocycles. The van der Waals surface area contributed by atoms with Gasteiger partial charge in [0.05, 0.1) is 27.4 Å². The van der Waals surface area contributed by atoms with Gasteiger partial charge >= 0.3 is 5.69 Å². The van der Waals surface area contributed by atoms with Gasteiger partial charge < -0.3 is 4.74 Å². The first-order chi connectivity index (χ1) is 15.8. The molecular weight excluding hydrogens is 497 g/mol. The summed E-state index contributed by atoms with van der Waals surface area (Å²) in [4.78, 5) is 36.5. The van der Waals surface area contributed by atoms with E-state index in [9.17, 15) is 24.1 Å². The average molecular weight is 514 g/mol. The summed E-state index contributed by atoms with van der Waals surface area (Å²) in [5, 5.41) is 16.6. The van der Waals surface area contributed by atoms with E-state index >= 15 is 0 Å². The van der Waals surface area contributed by atoms with Crippen molar-refractivity contribution in [2.45, 2.75) is 13.0 Å². The lowest BCUT2D eigenvalue weighted by atomic mass is 9.85. The summed E-state index contributed by atoms with van der Waals surface area (Å²) in [6, 6.07) is 8.52. The Bertz CT molecular complexity index is 1220. The standard InChI is InChI=1S/C23H17BrFN3O5/c24-17-7-13(8-18(28(31)32)21(17)33-11-12-2-1-3-16(25)6-12)10-26-27-22(29)19-14-4-5-15(9-14)20(19)23(27)30/h1-8,10,14-15,19-20H,9,11H2/t14-,15-,19-,20+/m0/s1. The van der Waals surface area contributed by atoms with Crippen LogP contribution in [0.4, 0.5) is 10.1 Å². The Balaban J connectivity index is 1.37. The molecule has 2 fully saturated rings. The minimum Gasteiger partial charge on any atom is -0.481 e. The normalized spacial score (nSPS) is 25.3. The fraction of sp³-hybridized carbons (Fsp3) is 0.261. The number of hydrogen-bond donors (Lipinski definition) is 0. The zero-order valence-electron chi connectivity index (χ0n) is 17.1. The smallest absolute Gasteiger partial charge is 0.312 e. The molecule has 2 amide bonds. The van der Waals surface area contributed by atoms with Crippen molar-refractivity contribution in [1.82, 2.24) is 5.01 Å². The fourth-order valence-corrected chi connectivity index (χ4v) is 5.44. The van der Waals surface area contributed by atoms with Crippen LogP contribution in [0.3, 0.4) is 0 Å². The molecule has 4 atom stereocenters. The summed E-state index contributed by atoms with van der Waals surface area (Å²) in [6.45, 7) is -0.0689. The number of ether oxygens (including phenoxy) is 1. The zero-order valence-corrected chi connectivity index (χ0v) is 18.6. The summed E-state index contributed by atoms with van der Waals surface area (Å²) in [7, 11) is 0. The van der Waals surface area contributed by atoms with Crippen LogP contribution in [-0.2, 0) is 16.2 Å². The quantitative estimate of drug-likeness (QED) is 0.189. The van der Waals surface area contributed by atoms with Gasteiger partial charge in [-0.25, -0.2) is 4.39 Å². The molecule has 0 spiro atoms. The van der Waals surface area contributed by atoms with Crippen LogP contribution < -0.4 is 4.74 Å². The van der Waals surface area contributed by atoms with Crippen molar-refractivity contribution in [2.75, 3.05) is 0 Å². The molecule has 10 heteroatoms. The number of imide groups is 1. The topological polar surface area (TPSA) is 102 Å². The van der Waals surface area contributed by atoms with Gasteiger partial charge in [0, 0.05) is 11.6 Å². The van der Waals surface area contributed by atoms with E-state index in [2.05, 4.69) is 21.0 Å². The second-order valence-corrected chi connectivity index (χ2v) is 9.11. The van der Waals surface area contributed by atoms with E-state index in [0.29, 0.717) is 11.1 Å². The molecule has 1 heterocycles. The van der Waals surface area contributed by atoms with E-state index in [-0.39, 0.29) is 58.0 Å². The lowest BCUT2D eigenvalue weighted by Crippen LogP contribution is -2.28. The molecule has 1 saturated heterocycles. The largest absolute Gasteiger partial charge is 0.481 e. The molecule has 0 aromatic heterocycles. The molecule has 2 aromatic carbocycles. The predicted molar refractivity (Wildman–Crippen MR) is 119 cm³/mol. The van der Waals surface area contributed by atoms with Gasteiger partial charge in [-0.3, -0.25) is 19.7 Å². The van der Waals surface area contributed by atoms with Crippen molar-refractivity contribution in [3.05, 3.63) is 80.1 Å². The molecule has 1 aliphatic heterocycles. The maximum atomic E-state index is 13.4. The summed E-state index contributed by atoms with van der Waals surface area (Å²) in [5.74, 6) is -1.72. The maximum Gasteiger partial charge on any atom is 0.312 e. The lowest BCUT2D eigenvalue weighted by Gasteiger charge is -2.13. The number of nitro benzene ring substituents is 1. The van der Waals surface area contributed by atoms with E-state index < -0.39 is 10.7 Å². The lowest BCUT2D eigenvalue weighted by molar-refractivity contribution is -0.386. The van der Waals surface area contributed by atoms with Crippen LogP contribution >= 0.6 is 15.9 Å². The van der Waals surface area contributed by atoms with E-state index in [1.165, 1.54) is 36.5 Å². The van der Waals surface area contributed by atoms with E-state index in [4.69, 9.17) is 4.74 Å². The van der Waals surface area contributed by atoms with Gasteiger partial charge in [-0.2, -0.15) is 10.1 Å². The van der Waals surface area contributed by atoms with E-state index in [1.807, 2.05) is 12.2 Å². The summed E-state index contributed by atoms with van der Waals surface area (Å²) in [6.07, 6.45) is 6.06. The van der Waals surface area contributed by atoms with Crippen molar-refractivity contribution in [2.24, 2.45) is 28.8 Å². The number of allylic oxidation sites excluding steroid dienone is 2. The van der Waals surface area contributed by atoms with Gasteiger partial charge in [0.1, 0.15) is 12.4 Å². The third kappa shape index (κ3) is 3.74. The van der Waals surface area contributed by atoms with Crippen LogP contribution in [0.2, 0.25) is 0 Å². The molecule has 5 rings (SSSR count). The van der Waals surface area contributed by atoms with E-state index in [0.717, 1.165) is 11.4 Å². The number of hydrogen-bond acceptors (Lipinski definition) is 6. The van der Waals surface area contributed by atoms with Gasteiger partial charge in [0.2, 0.25) is 5.75 Å². The number of benzene rings is 2. The van der Waals surface area contributed by atoms with Crippen molar-refractivity contribution < 1.29 is 23.6 Å². The molecule has 33 heavy (non-hydrogen) atoms. The number of carbonyl (C=O) groups excluding carboxylic acids is 2. The zero-order chi connectivity index (χ0) is 23.3. The Labute approximate surface area is 196 Å². The van der Waals surface area contributed by atoms with Gasteiger partial charge in [-0.15, -0.1) is 0 Å². The van der Waals surface area contributed by atoms with Gasteiger partial charge in [-0.05, 0) is 57.9 Å². The number of rotatable bonds is 6. The van der Waals surface area contributed by atoms with Crippen LogP contribution in [0.1, 0.15) is 17.5 Å². The first-order valence-corrected chi connectivity index (χ1v) is 11.1. The van der Waals surface area contributed by atoms with Crippen molar-refractivity contribution in [3.63, 3.8) is 0 Å².